The minimum Gasteiger partial charge on any atom is -0.436 e. The Hall–Kier alpha value is -2.99. The Morgan fingerprint density at radius 2 is 1.79 bits per heavy atom. The Morgan fingerprint density at radius 1 is 1.09 bits per heavy atom. The largest absolute Gasteiger partial charge is 0.436 e. The molecule has 33 heavy (non-hydrogen) atoms. The molecule has 2 aromatic carbocycles. The van der Waals surface area contributed by atoms with Gasteiger partial charge in [-0.1, -0.05) is 32.0 Å². The van der Waals surface area contributed by atoms with Crippen molar-refractivity contribution >= 4 is 32.9 Å². The summed E-state index contributed by atoms with van der Waals surface area (Å²) in [7, 11) is -3.89. The molecular weight excluding hydrogens is 446 g/mol. The first-order chi connectivity index (χ1) is 15.8. The molecule has 1 atom stereocenters. The number of benzene rings is 2. The zero-order chi connectivity index (χ0) is 23.6. The summed E-state index contributed by atoms with van der Waals surface area (Å²) in [5, 5.41) is 8.90. The summed E-state index contributed by atoms with van der Waals surface area (Å²) >= 11 is 0. The normalized spacial score (nSPS) is 16.3. The molecule has 0 spiro atoms. The zero-order valence-electron chi connectivity index (χ0n) is 18.4. The summed E-state index contributed by atoms with van der Waals surface area (Å²) in [5.41, 5.74) is 4.77. The number of hydrogen-bond donors (Lipinski definition) is 3. The van der Waals surface area contributed by atoms with Gasteiger partial charge in [0.1, 0.15) is 11.6 Å². The van der Waals surface area contributed by atoms with Crippen LogP contribution in [-0.2, 0) is 15.0 Å². The number of piperazine rings is 1. The number of amides is 1. The lowest BCUT2D eigenvalue weighted by Crippen LogP contribution is -2.57. The molecule has 176 valence electrons. The van der Waals surface area contributed by atoms with Gasteiger partial charge in [-0.05, 0) is 36.2 Å². The molecule has 1 fully saturated rings. The molecule has 1 aliphatic rings. The highest BCUT2D eigenvalue weighted by atomic mass is 32.2. The molecule has 0 aliphatic carbocycles. The van der Waals surface area contributed by atoms with Crippen LogP contribution in [0, 0.1) is 5.92 Å². The molecule has 1 amide bonds. The predicted molar refractivity (Wildman–Crippen MR) is 124 cm³/mol. The second kappa shape index (κ2) is 9.48. The van der Waals surface area contributed by atoms with Crippen LogP contribution in [0.5, 0.6) is 0 Å². The van der Waals surface area contributed by atoms with Gasteiger partial charge in [0.15, 0.2) is 5.58 Å². The lowest BCUT2D eigenvalue weighted by atomic mass is 10.1. The predicted octanol–water partition coefficient (Wildman–Crippen LogP) is 1.98. The topological polar surface area (TPSA) is 128 Å². The Morgan fingerprint density at radius 3 is 2.42 bits per heavy atom. The standard InChI is InChI=1S/C22H27N5O5S/c1-15(2)20(21(28)24-29)25-33(30,31)27-12-10-26(11-13-27)17-8-9-19-18(14-17)23-22(32-19)16-6-4-3-5-7-16/h3-9,14-15,20,25,29H,10-13H2,1-2H3,(H,24,28). The number of anilines is 1. The Bertz CT molecular complexity index is 1220. The van der Waals surface area contributed by atoms with Crippen LogP contribution in [0.4, 0.5) is 5.69 Å². The number of rotatable bonds is 7. The molecule has 3 aromatic rings. The number of aromatic nitrogens is 1. The van der Waals surface area contributed by atoms with Gasteiger partial charge in [-0.15, -0.1) is 0 Å². The highest BCUT2D eigenvalue weighted by molar-refractivity contribution is 7.87. The molecule has 10 nitrogen and oxygen atoms in total. The minimum atomic E-state index is -3.89. The molecular formula is C22H27N5O5S. The quantitative estimate of drug-likeness (QED) is 0.354. The average molecular weight is 474 g/mol. The summed E-state index contributed by atoms with van der Waals surface area (Å²) in [6, 6.07) is 14.3. The van der Waals surface area contributed by atoms with Crippen LogP contribution >= 0.6 is 0 Å². The SMILES string of the molecule is CC(C)C(NS(=O)(=O)N1CCN(c2ccc3oc(-c4ccccc4)nc3c2)CC1)C(=O)NO. The van der Waals surface area contributed by atoms with Gasteiger partial charge in [-0.3, -0.25) is 10.0 Å². The van der Waals surface area contributed by atoms with E-state index < -0.39 is 22.2 Å². The third-order valence-corrected chi connectivity index (χ3v) is 7.27. The van der Waals surface area contributed by atoms with Crippen LogP contribution in [0.15, 0.2) is 52.9 Å². The first kappa shape index (κ1) is 23.2. The van der Waals surface area contributed by atoms with Crippen molar-refractivity contribution in [2.45, 2.75) is 19.9 Å². The van der Waals surface area contributed by atoms with E-state index in [2.05, 4.69) is 14.6 Å². The number of nitrogens with zero attached hydrogens (tertiary/aromatic N) is 3. The molecule has 2 heterocycles. The number of carbonyl (C=O) groups excluding carboxylic acids is 1. The third kappa shape index (κ3) is 5.01. The third-order valence-electron chi connectivity index (χ3n) is 5.67. The van der Waals surface area contributed by atoms with Gasteiger partial charge >= 0.3 is 0 Å². The number of oxazole rings is 1. The van der Waals surface area contributed by atoms with E-state index in [-0.39, 0.29) is 19.0 Å². The first-order valence-corrected chi connectivity index (χ1v) is 12.1. The summed E-state index contributed by atoms with van der Waals surface area (Å²) in [4.78, 5) is 18.5. The number of fused-ring (bicyclic) bond motifs is 1. The second-order valence-corrected chi connectivity index (χ2v) is 9.95. The fourth-order valence-electron chi connectivity index (χ4n) is 3.80. The molecule has 4 rings (SSSR count). The second-order valence-electron chi connectivity index (χ2n) is 8.24. The zero-order valence-corrected chi connectivity index (χ0v) is 19.2. The van der Waals surface area contributed by atoms with E-state index in [0.717, 1.165) is 16.8 Å². The Kier molecular flexibility index (Phi) is 6.66. The summed E-state index contributed by atoms with van der Waals surface area (Å²) in [6.45, 7) is 4.87. The van der Waals surface area contributed by atoms with Gasteiger partial charge in [-0.2, -0.15) is 17.4 Å². The fourth-order valence-corrected chi connectivity index (χ4v) is 5.29. The van der Waals surface area contributed by atoms with Gasteiger partial charge in [0, 0.05) is 37.4 Å². The smallest absolute Gasteiger partial charge is 0.280 e. The molecule has 1 aliphatic heterocycles. The monoisotopic (exact) mass is 473 g/mol. The van der Waals surface area contributed by atoms with Crippen molar-refractivity contribution in [2.75, 3.05) is 31.1 Å². The molecule has 1 aromatic heterocycles. The van der Waals surface area contributed by atoms with Gasteiger partial charge in [-0.25, -0.2) is 10.5 Å². The van der Waals surface area contributed by atoms with E-state index >= 15 is 0 Å². The van der Waals surface area contributed by atoms with Crippen molar-refractivity contribution in [3.05, 3.63) is 48.5 Å². The molecule has 1 unspecified atom stereocenters. The highest BCUT2D eigenvalue weighted by Gasteiger charge is 2.33. The Balaban J connectivity index is 1.44. The molecule has 1 saturated heterocycles. The van der Waals surface area contributed by atoms with E-state index in [0.29, 0.717) is 24.6 Å². The first-order valence-electron chi connectivity index (χ1n) is 10.7. The van der Waals surface area contributed by atoms with Gasteiger partial charge in [0.05, 0.1) is 0 Å². The van der Waals surface area contributed by atoms with E-state index in [1.165, 1.54) is 9.79 Å². The van der Waals surface area contributed by atoms with Gasteiger partial charge in [0.25, 0.3) is 16.1 Å². The van der Waals surface area contributed by atoms with Crippen molar-refractivity contribution in [1.29, 1.82) is 0 Å². The Labute approximate surface area is 192 Å². The van der Waals surface area contributed by atoms with Crippen LogP contribution in [0.2, 0.25) is 0 Å². The lowest BCUT2D eigenvalue weighted by Gasteiger charge is -2.36. The summed E-state index contributed by atoms with van der Waals surface area (Å²) in [6.07, 6.45) is 0. The van der Waals surface area contributed by atoms with Crippen molar-refractivity contribution in [3.63, 3.8) is 0 Å². The molecule has 11 heteroatoms. The number of hydrogen-bond acceptors (Lipinski definition) is 7. The molecule has 0 bridgehead atoms. The molecule has 0 saturated carbocycles. The maximum Gasteiger partial charge on any atom is 0.280 e. The molecule has 0 radical (unpaired) electrons. The van der Waals surface area contributed by atoms with Gasteiger partial charge < -0.3 is 9.32 Å². The number of hydroxylamine groups is 1. The summed E-state index contributed by atoms with van der Waals surface area (Å²) in [5.74, 6) is -0.567. The van der Waals surface area contributed by atoms with E-state index in [9.17, 15) is 13.2 Å². The van der Waals surface area contributed by atoms with E-state index in [1.807, 2.05) is 48.5 Å². The molecule has 3 N–H and O–H groups in total. The van der Waals surface area contributed by atoms with E-state index in [1.54, 1.807) is 13.8 Å². The maximum absolute atomic E-state index is 12.8. The minimum absolute atomic E-state index is 0.257. The van der Waals surface area contributed by atoms with Crippen molar-refractivity contribution in [2.24, 2.45) is 5.92 Å². The van der Waals surface area contributed by atoms with Crippen LogP contribution in [0.25, 0.3) is 22.6 Å². The van der Waals surface area contributed by atoms with E-state index in [4.69, 9.17) is 9.62 Å². The number of nitrogens with one attached hydrogen (secondary N) is 2. The lowest BCUT2D eigenvalue weighted by molar-refractivity contribution is -0.131. The van der Waals surface area contributed by atoms with Crippen molar-refractivity contribution in [1.82, 2.24) is 19.5 Å². The summed E-state index contributed by atoms with van der Waals surface area (Å²) < 4.78 is 35.2. The van der Waals surface area contributed by atoms with Crippen LogP contribution < -0.4 is 15.1 Å². The van der Waals surface area contributed by atoms with Crippen LogP contribution in [-0.4, -0.2) is 61.0 Å². The average Bonchev–Trinajstić information content (AvgIpc) is 3.26. The maximum atomic E-state index is 12.8. The van der Waals surface area contributed by atoms with Crippen molar-refractivity contribution < 1.29 is 22.8 Å². The van der Waals surface area contributed by atoms with Crippen molar-refractivity contribution in [3.8, 4) is 11.5 Å². The number of carbonyl (C=O) groups is 1. The van der Waals surface area contributed by atoms with Crippen LogP contribution in [0.1, 0.15) is 13.8 Å². The van der Waals surface area contributed by atoms with Crippen LogP contribution in [0.3, 0.4) is 0 Å². The fraction of sp³-hybridized carbons (Fsp3) is 0.364. The highest BCUT2D eigenvalue weighted by Crippen LogP contribution is 2.28. The van der Waals surface area contributed by atoms with Gasteiger partial charge in [0.2, 0.25) is 5.89 Å².